The summed E-state index contributed by atoms with van der Waals surface area (Å²) in [5, 5.41) is 6.45. The number of rotatable bonds is 6. The Hall–Kier alpha value is -1.07. The highest BCUT2D eigenvalue weighted by Crippen LogP contribution is 2.31. The zero-order valence-electron chi connectivity index (χ0n) is 11.5. The van der Waals surface area contributed by atoms with E-state index in [9.17, 15) is 0 Å². The van der Waals surface area contributed by atoms with Gasteiger partial charge in [-0.15, -0.1) is 11.3 Å². The summed E-state index contributed by atoms with van der Waals surface area (Å²) in [5.41, 5.74) is 0. The number of nitrogens with zero attached hydrogens (tertiary/aromatic N) is 2. The first-order valence-electron chi connectivity index (χ1n) is 6.53. The second-order valence-electron chi connectivity index (χ2n) is 4.57. The van der Waals surface area contributed by atoms with Gasteiger partial charge in [-0.05, 0) is 17.9 Å². The third kappa shape index (κ3) is 4.21. The van der Waals surface area contributed by atoms with Crippen LogP contribution in [0.4, 0.5) is 5.82 Å². The highest BCUT2D eigenvalue weighted by molar-refractivity contribution is 8.01. The van der Waals surface area contributed by atoms with Gasteiger partial charge in [0.2, 0.25) is 0 Å². The third-order valence-corrected chi connectivity index (χ3v) is 4.45. The van der Waals surface area contributed by atoms with E-state index >= 15 is 0 Å². The van der Waals surface area contributed by atoms with Crippen molar-refractivity contribution < 1.29 is 0 Å². The summed E-state index contributed by atoms with van der Waals surface area (Å²) in [6.45, 7) is 7.34. The lowest BCUT2D eigenvalue weighted by molar-refractivity contribution is 0.753. The summed E-state index contributed by atoms with van der Waals surface area (Å²) in [4.78, 5) is 9.20. The predicted molar refractivity (Wildman–Crippen MR) is 83.3 cm³/mol. The predicted octanol–water partition coefficient (Wildman–Crippen LogP) is 4.63. The van der Waals surface area contributed by atoms with Crippen molar-refractivity contribution in [2.24, 2.45) is 0 Å². The molecule has 0 fully saturated rings. The molecule has 19 heavy (non-hydrogen) atoms. The van der Waals surface area contributed by atoms with E-state index in [4.69, 9.17) is 0 Å². The van der Waals surface area contributed by atoms with Crippen LogP contribution in [0.15, 0.2) is 32.8 Å². The molecule has 102 valence electrons. The fourth-order valence-electron chi connectivity index (χ4n) is 1.52. The SMILES string of the molecule is CCCNc1cc(Sc2cccs2)nc(C(C)C)n1. The summed E-state index contributed by atoms with van der Waals surface area (Å²) in [6, 6.07) is 6.21. The van der Waals surface area contributed by atoms with E-state index in [0.717, 1.165) is 29.6 Å². The van der Waals surface area contributed by atoms with Crippen molar-refractivity contribution in [3.8, 4) is 0 Å². The van der Waals surface area contributed by atoms with Gasteiger partial charge in [0.1, 0.15) is 16.7 Å². The van der Waals surface area contributed by atoms with Crippen LogP contribution in [0, 0.1) is 0 Å². The number of thiophene rings is 1. The van der Waals surface area contributed by atoms with E-state index in [1.54, 1.807) is 23.1 Å². The Morgan fingerprint density at radius 1 is 1.37 bits per heavy atom. The Bertz CT molecular complexity index is 509. The lowest BCUT2D eigenvalue weighted by Crippen LogP contribution is -2.06. The van der Waals surface area contributed by atoms with Crippen molar-refractivity contribution in [1.82, 2.24) is 9.97 Å². The summed E-state index contributed by atoms with van der Waals surface area (Å²) < 4.78 is 1.26. The van der Waals surface area contributed by atoms with Gasteiger partial charge in [0.15, 0.2) is 0 Å². The maximum atomic E-state index is 4.63. The number of aromatic nitrogens is 2. The summed E-state index contributed by atoms with van der Waals surface area (Å²) in [6.07, 6.45) is 1.09. The van der Waals surface area contributed by atoms with Crippen LogP contribution in [0.1, 0.15) is 38.9 Å². The second kappa shape index (κ2) is 6.91. The molecule has 0 radical (unpaired) electrons. The van der Waals surface area contributed by atoms with Crippen molar-refractivity contribution in [3.05, 3.63) is 29.4 Å². The van der Waals surface area contributed by atoms with E-state index in [0.29, 0.717) is 5.92 Å². The van der Waals surface area contributed by atoms with Crippen LogP contribution in [-0.2, 0) is 0 Å². The first-order valence-corrected chi connectivity index (χ1v) is 8.23. The molecule has 0 aliphatic rings. The molecule has 2 rings (SSSR count). The molecule has 0 bridgehead atoms. The summed E-state index contributed by atoms with van der Waals surface area (Å²) in [5.74, 6) is 2.17. The maximum Gasteiger partial charge on any atom is 0.134 e. The Kier molecular flexibility index (Phi) is 5.22. The van der Waals surface area contributed by atoms with Gasteiger partial charge >= 0.3 is 0 Å². The van der Waals surface area contributed by atoms with E-state index in [2.05, 4.69) is 53.6 Å². The Labute approximate surface area is 122 Å². The molecule has 0 unspecified atom stereocenters. The minimum absolute atomic E-state index is 0.339. The largest absolute Gasteiger partial charge is 0.370 e. The van der Waals surface area contributed by atoms with Crippen molar-refractivity contribution >= 4 is 28.9 Å². The van der Waals surface area contributed by atoms with Crippen LogP contribution in [0.25, 0.3) is 0 Å². The van der Waals surface area contributed by atoms with Crippen molar-refractivity contribution in [1.29, 1.82) is 0 Å². The molecule has 0 aromatic carbocycles. The summed E-state index contributed by atoms with van der Waals surface area (Å²) in [7, 11) is 0. The smallest absolute Gasteiger partial charge is 0.134 e. The first kappa shape index (κ1) is 14.3. The molecule has 0 atom stereocenters. The summed E-state index contributed by atoms with van der Waals surface area (Å²) >= 11 is 3.44. The molecule has 2 aromatic heterocycles. The Morgan fingerprint density at radius 3 is 2.84 bits per heavy atom. The molecule has 2 aromatic rings. The molecule has 1 N–H and O–H groups in total. The van der Waals surface area contributed by atoms with E-state index in [-0.39, 0.29) is 0 Å². The molecule has 2 heterocycles. The van der Waals surface area contributed by atoms with Gasteiger partial charge in [-0.25, -0.2) is 9.97 Å². The average molecular weight is 293 g/mol. The van der Waals surface area contributed by atoms with E-state index in [1.165, 1.54) is 4.21 Å². The van der Waals surface area contributed by atoms with Gasteiger partial charge in [0.25, 0.3) is 0 Å². The van der Waals surface area contributed by atoms with Crippen LogP contribution in [0.2, 0.25) is 0 Å². The zero-order chi connectivity index (χ0) is 13.7. The van der Waals surface area contributed by atoms with Crippen LogP contribution in [-0.4, -0.2) is 16.5 Å². The molecule has 0 spiro atoms. The van der Waals surface area contributed by atoms with Crippen molar-refractivity contribution in [3.63, 3.8) is 0 Å². The number of nitrogens with one attached hydrogen (secondary N) is 1. The lowest BCUT2D eigenvalue weighted by Gasteiger charge is -2.10. The van der Waals surface area contributed by atoms with E-state index < -0.39 is 0 Å². The topological polar surface area (TPSA) is 37.8 Å². The first-order chi connectivity index (χ1) is 9.19. The van der Waals surface area contributed by atoms with Gasteiger partial charge in [-0.3, -0.25) is 0 Å². The fraction of sp³-hybridized carbons (Fsp3) is 0.429. The number of hydrogen-bond donors (Lipinski definition) is 1. The average Bonchev–Trinajstić information content (AvgIpc) is 2.89. The molecule has 0 aliphatic heterocycles. The lowest BCUT2D eigenvalue weighted by atomic mass is 10.2. The van der Waals surface area contributed by atoms with Crippen LogP contribution >= 0.6 is 23.1 Å². The molecule has 0 saturated heterocycles. The maximum absolute atomic E-state index is 4.63. The van der Waals surface area contributed by atoms with Gasteiger partial charge in [-0.2, -0.15) is 0 Å². The Balaban J connectivity index is 2.23. The Morgan fingerprint density at radius 2 is 2.21 bits per heavy atom. The molecule has 0 amide bonds. The highest BCUT2D eigenvalue weighted by Gasteiger charge is 2.09. The fourth-order valence-corrected chi connectivity index (χ4v) is 3.25. The molecule has 0 saturated carbocycles. The standard InChI is InChI=1S/C14H19N3S2/c1-4-7-15-11-9-12(17-14(16-11)10(2)3)19-13-6-5-8-18-13/h5-6,8-10H,4,7H2,1-3H3,(H,15,16,17). The highest BCUT2D eigenvalue weighted by atomic mass is 32.2. The molecule has 0 aliphatic carbocycles. The minimum atomic E-state index is 0.339. The zero-order valence-corrected chi connectivity index (χ0v) is 13.1. The van der Waals surface area contributed by atoms with Crippen LogP contribution in [0.3, 0.4) is 0 Å². The van der Waals surface area contributed by atoms with Crippen molar-refractivity contribution in [2.75, 3.05) is 11.9 Å². The number of anilines is 1. The van der Waals surface area contributed by atoms with Gasteiger partial charge in [-0.1, -0.05) is 38.6 Å². The van der Waals surface area contributed by atoms with Crippen LogP contribution in [0.5, 0.6) is 0 Å². The van der Waals surface area contributed by atoms with Gasteiger partial charge in [0, 0.05) is 18.5 Å². The minimum Gasteiger partial charge on any atom is -0.370 e. The normalized spacial score (nSPS) is 10.9. The molecule has 3 nitrogen and oxygen atoms in total. The van der Waals surface area contributed by atoms with E-state index in [1.807, 2.05) is 6.07 Å². The monoisotopic (exact) mass is 293 g/mol. The van der Waals surface area contributed by atoms with Crippen LogP contribution < -0.4 is 5.32 Å². The van der Waals surface area contributed by atoms with Gasteiger partial charge in [0.05, 0.1) is 4.21 Å². The van der Waals surface area contributed by atoms with Gasteiger partial charge < -0.3 is 5.32 Å². The molecule has 5 heteroatoms. The molecular weight excluding hydrogens is 274 g/mol. The third-order valence-electron chi connectivity index (χ3n) is 2.49. The second-order valence-corrected chi connectivity index (χ2v) is 6.83. The molecular formula is C14H19N3S2. The number of hydrogen-bond acceptors (Lipinski definition) is 5. The quantitative estimate of drug-likeness (QED) is 0.788. The van der Waals surface area contributed by atoms with Crippen molar-refractivity contribution in [2.45, 2.75) is 42.3 Å².